The zero-order chi connectivity index (χ0) is 29.6. The second kappa shape index (κ2) is 11.0. The monoisotopic (exact) mass is 576 g/mol. The van der Waals surface area contributed by atoms with E-state index < -0.39 is 5.60 Å². The number of likely N-dealkylation sites (tertiary alicyclic amines) is 1. The second-order valence-corrected chi connectivity index (χ2v) is 11.9. The van der Waals surface area contributed by atoms with Gasteiger partial charge in [-0.2, -0.15) is 15.2 Å². The van der Waals surface area contributed by atoms with Crippen molar-refractivity contribution in [2.24, 2.45) is 0 Å². The highest BCUT2D eigenvalue weighted by Gasteiger charge is 2.49. The van der Waals surface area contributed by atoms with Gasteiger partial charge in [0.05, 0.1) is 24.1 Å². The van der Waals surface area contributed by atoms with Crippen LogP contribution in [0.2, 0.25) is 0 Å². The van der Waals surface area contributed by atoms with Crippen LogP contribution in [0.25, 0.3) is 11.1 Å². The molecule has 9 heteroatoms. The molecule has 2 atom stereocenters. The quantitative estimate of drug-likeness (QED) is 0.401. The Morgan fingerprint density at radius 3 is 2.53 bits per heavy atom. The summed E-state index contributed by atoms with van der Waals surface area (Å²) in [6, 6.07) is 19.6. The number of hydrogen-bond acceptors (Lipinski definition) is 8. The Labute approximate surface area is 252 Å². The van der Waals surface area contributed by atoms with Gasteiger partial charge in [0.2, 0.25) is 11.8 Å². The van der Waals surface area contributed by atoms with Crippen molar-refractivity contribution in [1.29, 1.82) is 5.26 Å². The van der Waals surface area contributed by atoms with Crippen molar-refractivity contribution in [2.75, 3.05) is 44.7 Å². The number of rotatable bonds is 6. The third-order valence-electron chi connectivity index (χ3n) is 9.58. The molecule has 3 aromatic rings. The molecule has 0 radical (unpaired) electrons. The van der Waals surface area contributed by atoms with E-state index in [4.69, 9.17) is 19.4 Å². The molecular weight excluding hydrogens is 540 g/mol. The van der Waals surface area contributed by atoms with E-state index in [9.17, 15) is 10.1 Å². The summed E-state index contributed by atoms with van der Waals surface area (Å²) in [5.41, 5.74) is 4.99. The van der Waals surface area contributed by atoms with E-state index >= 15 is 0 Å². The van der Waals surface area contributed by atoms with Gasteiger partial charge < -0.3 is 24.2 Å². The molecule has 220 valence electrons. The van der Waals surface area contributed by atoms with Gasteiger partial charge in [-0.25, -0.2) is 0 Å². The predicted molar refractivity (Wildman–Crippen MR) is 163 cm³/mol. The largest absolute Gasteiger partial charge is 0.462 e. The topological polar surface area (TPSA) is 94.8 Å². The molecule has 1 amide bonds. The molecule has 9 nitrogen and oxygen atoms in total. The van der Waals surface area contributed by atoms with Crippen molar-refractivity contribution in [3.05, 3.63) is 77.9 Å². The summed E-state index contributed by atoms with van der Waals surface area (Å²) in [4.78, 5) is 28.7. The van der Waals surface area contributed by atoms with Crippen molar-refractivity contribution < 1.29 is 14.3 Å². The highest BCUT2D eigenvalue weighted by atomic mass is 16.5. The molecule has 4 aliphatic rings. The van der Waals surface area contributed by atoms with Crippen LogP contribution < -0.4 is 14.4 Å². The van der Waals surface area contributed by atoms with Gasteiger partial charge in [-0.3, -0.25) is 4.79 Å². The fourth-order valence-electron chi connectivity index (χ4n) is 7.34. The predicted octanol–water partition coefficient (Wildman–Crippen LogP) is 4.32. The lowest BCUT2D eigenvalue weighted by Crippen LogP contribution is -2.55. The summed E-state index contributed by atoms with van der Waals surface area (Å²) in [5.74, 6) is 1.15. The molecule has 1 spiro atoms. The van der Waals surface area contributed by atoms with Gasteiger partial charge in [0, 0.05) is 43.2 Å². The number of amides is 1. The van der Waals surface area contributed by atoms with Gasteiger partial charge in [0.1, 0.15) is 12.4 Å². The van der Waals surface area contributed by atoms with Gasteiger partial charge in [-0.15, -0.1) is 0 Å². The molecule has 7 rings (SSSR count). The summed E-state index contributed by atoms with van der Waals surface area (Å²) in [6.45, 7) is 6.76. The van der Waals surface area contributed by atoms with E-state index in [0.29, 0.717) is 50.6 Å². The maximum absolute atomic E-state index is 12.6. The van der Waals surface area contributed by atoms with Crippen molar-refractivity contribution in [3.8, 4) is 29.1 Å². The van der Waals surface area contributed by atoms with Crippen molar-refractivity contribution in [3.63, 3.8) is 0 Å². The minimum atomic E-state index is -0.646. The van der Waals surface area contributed by atoms with Crippen LogP contribution in [0.1, 0.15) is 42.4 Å². The summed E-state index contributed by atoms with van der Waals surface area (Å²) in [5, 5.41) is 9.56. The molecule has 43 heavy (non-hydrogen) atoms. The normalized spacial score (nSPS) is 21.9. The molecule has 4 heterocycles. The van der Waals surface area contributed by atoms with Crippen LogP contribution >= 0.6 is 0 Å². The Morgan fingerprint density at radius 2 is 1.86 bits per heavy atom. The van der Waals surface area contributed by atoms with E-state index in [-0.39, 0.29) is 18.4 Å². The fourth-order valence-corrected chi connectivity index (χ4v) is 7.34. The summed E-state index contributed by atoms with van der Waals surface area (Å²) < 4.78 is 13.3. The molecular formula is C34H36N6O3. The Bertz CT molecular complexity index is 1570. The van der Waals surface area contributed by atoms with E-state index in [0.717, 1.165) is 48.3 Å². The van der Waals surface area contributed by atoms with Crippen LogP contribution in [0, 0.1) is 11.3 Å². The number of carbonyl (C=O) groups excluding carboxylic acids is 1. The average molecular weight is 577 g/mol. The standard InChI is InChI=1S/C34H36N6O3/c1-3-30(41)40-20-19-39(21-23(40)15-17-35)31-27-14-16-34(28-12-6-4-10-25(28)26-11-5-7-13-29(26)34)43-32(27)37-33(36-31)42-22-24-9-8-18-38(24)2/h3-7,10-13,23-24H,1,8-9,14-16,18-22H2,2H3/t23-,24-/m0/s1. The fraction of sp³-hybridized carbons (Fsp3) is 0.412. The van der Waals surface area contributed by atoms with Crippen LogP contribution in [0.4, 0.5) is 5.82 Å². The molecule has 2 saturated heterocycles. The van der Waals surface area contributed by atoms with Gasteiger partial charge in [-0.1, -0.05) is 55.1 Å². The number of carbonyl (C=O) groups is 1. The first-order valence-corrected chi connectivity index (χ1v) is 15.2. The number of benzene rings is 2. The van der Waals surface area contributed by atoms with Crippen molar-refractivity contribution in [2.45, 2.75) is 49.8 Å². The molecule has 0 unspecified atom stereocenters. The van der Waals surface area contributed by atoms with Crippen LogP contribution in [-0.4, -0.2) is 77.6 Å². The second-order valence-electron chi connectivity index (χ2n) is 11.9. The summed E-state index contributed by atoms with van der Waals surface area (Å²) >= 11 is 0. The number of piperazine rings is 1. The van der Waals surface area contributed by atoms with Crippen molar-refractivity contribution >= 4 is 11.7 Å². The number of ether oxygens (including phenoxy) is 2. The van der Waals surface area contributed by atoms with Gasteiger partial charge in [-0.05, 0) is 50.1 Å². The first kappa shape index (κ1) is 27.4. The number of aromatic nitrogens is 2. The van der Waals surface area contributed by atoms with Gasteiger partial charge in [0.25, 0.3) is 0 Å². The molecule has 1 aliphatic carbocycles. The third kappa shape index (κ3) is 4.61. The zero-order valence-electron chi connectivity index (χ0n) is 24.5. The molecule has 2 aromatic carbocycles. The van der Waals surface area contributed by atoms with Crippen LogP contribution in [0.15, 0.2) is 61.2 Å². The Morgan fingerprint density at radius 1 is 1.12 bits per heavy atom. The summed E-state index contributed by atoms with van der Waals surface area (Å²) in [7, 11) is 2.13. The molecule has 1 aromatic heterocycles. The van der Waals surface area contributed by atoms with E-state index in [1.54, 1.807) is 4.90 Å². The molecule has 0 N–H and O–H groups in total. The van der Waals surface area contributed by atoms with Crippen molar-refractivity contribution in [1.82, 2.24) is 19.8 Å². The van der Waals surface area contributed by atoms with Crippen LogP contribution in [0.5, 0.6) is 11.9 Å². The Kier molecular flexibility index (Phi) is 7.02. The Hall–Kier alpha value is -4.42. The smallest absolute Gasteiger partial charge is 0.321 e. The van der Waals surface area contributed by atoms with Gasteiger partial charge in [0.15, 0.2) is 5.60 Å². The van der Waals surface area contributed by atoms with Gasteiger partial charge >= 0.3 is 6.01 Å². The number of nitriles is 1. The SMILES string of the molecule is C=CC(=O)N1CCN(c2nc(OC[C@@H]3CCCN3C)nc3c2CCC2(O3)c3ccccc3-c3ccccc32)C[C@@H]1CC#N. The van der Waals surface area contributed by atoms with E-state index in [2.05, 4.69) is 78.0 Å². The third-order valence-corrected chi connectivity index (χ3v) is 9.58. The highest BCUT2D eigenvalue weighted by Crippen LogP contribution is 2.54. The minimum Gasteiger partial charge on any atom is -0.462 e. The summed E-state index contributed by atoms with van der Waals surface area (Å²) in [6.07, 6.45) is 5.24. The zero-order valence-corrected chi connectivity index (χ0v) is 24.5. The molecule has 0 bridgehead atoms. The first-order chi connectivity index (χ1) is 21.0. The highest BCUT2D eigenvalue weighted by molar-refractivity contribution is 5.87. The lowest BCUT2D eigenvalue weighted by atomic mass is 9.83. The maximum atomic E-state index is 12.6. The molecule has 3 aliphatic heterocycles. The minimum absolute atomic E-state index is 0.154. The maximum Gasteiger partial charge on any atom is 0.321 e. The number of hydrogen-bond donors (Lipinski definition) is 0. The van der Waals surface area contributed by atoms with E-state index in [1.807, 2.05) is 0 Å². The Balaban J connectivity index is 1.28. The number of likely N-dealkylation sites (N-methyl/N-ethyl adjacent to an activating group) is 1. The first-order valence-electron chi connectivity index (χ1n) is 15.2. The van der Waals surface area contributed by atoms with Crippen LogP contribution in [-0.2, 0) is 16.8 Å². The lowest BCUT2D eigenvalue weighted by Gasteiger charge is -2.42. The van der Waals surface area contributed by atoms with E-state index in [1.165, 1.54) is 17.2 Å². The average Bonchev–Trinajstić information content (AvgIpc) is 3.57. The lowest BCUT2D eigenvalue weighted by molar-refractivity contribution is -0.128. The number of nitrogens with zero attached hydrogens (tertiary/aromatic N) is 6. The molecule has 2 fully saturated rings. The molecule has 0 saturated carbocycles. The van der Waals surface area contributed by atoms with Crippen LogP contribution in [0.3, 0.4) is 0 Å². The number of anilines is 1. The number of fused-ring (bicyclic) bond motifs is 6.